The molecule has 1 amide bonds. The van der Waals surface area contributed by atoms with Gasteiger partial charge >= 0.3 is 0 Å². The van der Waals surface area contributed by atoms with E-state index >= 15 is 0 Å². The van der Waals surface area contributed by atoms with E-state index < -0.39 is 0 Å². The maximum absolute atomic E-state index is 13.0. The summed E-state index contributed by atoms with van der Waals surface area (Å²) in [5, 5.41) is 9.83. The van der Waals surface area contributed by atoms with Gasteiger partial charge in [-0.15, -0.1) is 28.8 Å². The molecule has 1 fully saturated rings. The number of carbonyl (C=O) groups is 1. The number of amides is 1. The summed E-state index contributed by atoms with van der Waals surface area (Å²) in [6.07, 6.45) is 2.08. The molecule has 0 radical (unpaired) electrons. The minimum atomic E-state index is -0.0996. The van der Waals surface area contributed by atoms with Crippen LogP contribution in [0, 0.1) is 0 Å². The number of hydrogen-bond acceptors (Lipinski definition) is 5. The molecule has 1 aliphatic heterocycles. The summed E-state index contributed by atoms with van der Waals surface area (Å²) in [5.74, 6) is 0.864. The molecule has 27 heavy (non-hydrogen) atoms. The van der Waals surface area contributed by atoms with Crippen LogP contribution in [0.25, 0.3) is 16.4 Å². The van der Waals surface area contributed by atoms with Crippen molar-refractivity contribution < 1.29 is 4.79 Å². The Morgan fingerprint density at radius 1 is 1.22 bits per heavy atom. The summed E-state index contributed by atoms with van der Waals surface area (Å²) in [4.78, 5) is 20.4. The first-order valence-electron chi connectivity index (χ1n) is 8.79. The van der Waals surface area contributed by atoms with Gasteiger partial charge in [0, 0.05) is 19.1 Å². The molecular formula is C19H22ClN5OS. The van der Waals surface area contributed by atoms with Crippen molar-refractivity contribution in [3.63, 3.8) is 0 Å². The number of aromatic nitrogens is 3. The number of hydrogen-bond donors (Lipinski definition) is 1. The van der Waals surface area contributed by atoms with Crippen LogP contribution in [0.2, 0.25) is 0 Å². The van der Waals surface area contributed by atoms with Crippen LogP contribution in [0.15, 0.2) is 47.8 Å². The second kappa shape index (κ2) is 8.65. The fraction of sp³-hybridized carbons (Fsp3) is 0.316. The van der Waals surface area contributed by atoms with Gasteiger partial charge < -0.3 is 10.2 Å². The standard InChI is InChI=1S/C19H21N5OS.ClH/c1-20-14-7-5-11-23(13-14)19(25)17-21-18(16-10-6-12-26-16)24(22-17)15-8-3-2-4-9-15;/h2-4,6,8-10,12,14,20H,5,7,11,13H2,1H3;1H. The number of benzene rings is 1. The third-order valence-corrected chi connectivity index (χ3v) is 5.52. The summed E-state index contributed by atoms with van der Waals surface area (Å²) >= 11 is 1.59. The Balaban J connectivity index is 0.00000210. The molecule has 3 aromatic rings. The van der Waals surface area contributed by atoms with Gasteiger partial charge in [-0.2, -0.15) is 0 Å². The Kier molecular flexibility index (Phi) is 6.26. The van der Waals surface area contributed by atoms with Gasteiger partial charge in [-0.1, -0.05) is 24.3 Å². The number of halogens is 1. The Morgan fingerprint density at radius 2 is 2.04 bits per heavy atom. The molecule has 1 unspecified atom stereocenters. The lowest BCUT2D eigenvalue weighted by Gasteiger charge is -2.31. The molecule has 6 nitrogen and oxygen atoms in total. The van der Waals surface area contributed by atoms with Crippen molar-refractivity contribution in [2.45, 2.75) is 18.9 Å². The third-order valence-electron chi connectivity index (χ3n) is 4.66. The number of likely N-dealkylation sites (tertiary alicyclic amines) is 1. The highest BCUT2D eigenvalue weighted by Crippen LogP contribution is 2.26. The molecule has 0 saturated carbocycles. The van der Waals surface area contributed by atoms with Crippen molar-refractivity contribution in [1.82, 2.24) is 25.0 Å². The number of nitrogens with zero attached hydrogens (tertiary/aromatic N) is 4. The van der Waals surface area contributed by atoms with E-state index in [9.17, 15) is 4.79 Å². The van der Waals surface area contributed by atoms with Crippen molar-refractivity contribution in [3.8, 4) is 16.4 Å². The number of carbonyl (C=O) groups excluding carboxylic acids is 1. The predicted molar refractivity (Wildman–Crippen MR) is 110 cm³/mol. The highest BCUT2D eigenvalue weighted by molar-refractivity contribution is 7.13. The zero-order chi connectivity index (χ0) is 17.9. The fourth-order valence-electron chi connectivity index (χ4n) is 3.26. The second-order valence-electron chi connectivity index (χ2n) is 6.36. The van der Waals surface area contributed by atoms with Crippen LogP contribution >= 0.6 is 23.7 Å². The van der Waals surface area contributed by atoms with Crippen LogP contribution in [0.1, 0.15) is 23.5 Å². The summed E-state index contributed by atoms with van der Waals surface area (Å²) < 4.78 is 1.76. The number of para-hydroxylation sites is 1. The van der Waals surface area contributed by atoms with Gasteiger partial charge in [0.05, 0.1) is 10.6 Å². The molecule has 3 heterocycles. The van der Waals surface area contributed by atoms with Crippen LogP contribution in [-0.2, 0) is 0 Å². The predicted octanol–water partition coefficient (Wildman–Crippen LogP) is 3.24. The number of likely N-dealkylation sites (N-methyl/N-ethyl adjacent to an activating group) is 1. The molecule has 1 atom stereocenters. The largest absolute Gasteiger partial charge is 0.334 e. The first-order valence-corrected chi connectivity index (χ1v) is 9.67. The molecule has 2 aromatic heterocycles. The molecule has 4 rings (SSSR count). The summed E-state index contributed by atoms with van der Waals surface area (Å²) in [7, 11) is 1.94. The van der Waals surface area contributed by atoms with E-state index in [1.807, 2.05) is 59.8 Å². The van der Waals surface area contributed by atoms with E-state index in [1.54, 1.807) is 16.0 Å². The first kappa shape index (κ1) is 19.5. The molecule has 0 aliphatic carbocycles. The number of rotatable bonds is 4. The van der Waals surface area contributed by atoms with Crippen LogP contribution in [0.3, 0.4) is 0 Å². The van der Waals surface area contributed by atoms with E-state index in [-0.39, 0.29) is 24.1 Å². The van der Waals surface area contributed by atoms with E-state index in [1.165, 1.54) is 0 Å². The van der Waals surface area contributed by atoms with Gasteiger partial charge in [-0.25, -0.2) is 9.67 Å². The molecule has 8 heteroatoms. The zero-order valence-electron chi connectivity index (χ0n) is 15.0. The van der Waals surface area contributed by atoms with Gasteiger partial charge in [0.25, 0.3) is 5.91 Å². The Labute approximate surface area is 168 Å². The first-order chi connectivity index (χ1) is 12.8. The van der Waals surface area contributed by atoms with Gasteiger partial charge in [0.15, 0.2) is 5.82 Å². The smallest absolute Gasteiger partial charge is 0.293 e. The van der Waals surface area contributed by atoms with Crippen LogP contribution < -0.4 is 5.32 Å². The molecule has 1 saturated heterocycles. The summed E-state index contributed by atoms with van der Waals surface area (Å²) in [5.41, 5.74) is 0.897. The topological polar surface area (TPSA) is 63.1 Å². The Morgan fingerprint density at radius 3 is 2.74 bits per heavy atom. The molecule has 142 valence electrons. The molecule has 1 aliphatic rings. The summed E-state index contributed by atoms with van der Waals surface area (Å²) in [6, 6.07) is 14.1. The minimum absolute atomic E-state index is 0. The van der Waals surface area contributed by atoms with Gasteiger partial charge in [0.2, 0.25) is 5.82 Å². The third kappa shape index (κ3) is 4.05. The molecule has 1 aromatic carbocycles. The Bertz CT molecular complexity index is 881. The minimum Gasteiger partial charge on any atom is -0.334 e. The van der Waals surface area contributed by atoms with Gasteiger partial charge in [-0.05, 0) is 43.5 Å². The molecule has 0 spiro atoms. The van der Waals surface area contributed by atoms with E-state index in [2.05, 4.69) is 15.4 Å². The van der Waals surface area contributed by atoms with Gasteiger partial charge in [0.1, 0.15) is 0 Å². The lowest BCUT2D eigenvalue weighted by atomic mass is 10.1. The number of piperidine rings is 1. The molecular weight excluding hydrogens is 382 g/mol. The van der Waals surface area contributed by atoms with E-state index in [4.69, 9.17) is 0 Å². The van der Waals surface area contributed by atoms with E-state index in [0.717, 1.165) is 30.0 Å². The highest BCUT2D eigenvalue weighted by Gasteiger charge is 2.27. The van der Waals surface area contributed by atoms with Crippen LogP contribution in [0.4, 0.5) is 0 Å². The van der Waals surface area contributed by atoms with Gasteiger partial charge in [-0.3, -0.25) is 4.79 Å². The monoisotopic (exact) mass is 403 g/mol. The lowest BCUT2D eigenvalue weighted by Crippen LogP contribution is -2.47. The quantitative estimate of drug-likeness (QED) is 0.726. The average Bonchev–Trinajstić information content (AvgIpc) is 3.37. The normalized spacial score (nSPS) is 16.8. The molecule has 0 bridgehead atoms. The van der Waals surface area contributed by atoms with Crippen LogP contribution in [-0.4, -0.2) is 51.8 Å². The summed E-state index contributed by atoms with van der Waals surface area (Å²) in [6.45, 7) is 1.45. The highest BCUT2D eigenvalue weighted by atomic mass is 35.5. The van der Waals surface area contributed by atoms with Crippen molar-refractivity contribution in [3.05, 3.63) is 53.7 Å². The number of thiophene rings is 1. The second-order valence-corrected chi connectivity index (χ2v) is 7.31. The van der Waals surface area contributed by atoms with Crippen molar-refractivity contribution in [1.29, 1.82) is 0 Å². The lowest BCUT2D eigenvalue weighted by molar-refractivity contribution is 0.0686. The fourth-order valence-corrected chi connectivity index (χ4v) is 3.95. The average molecular weight is 404 g/mol. The van der Waals surface area contributed by atoms with Crippen LogP contribution in [0.5, 0.6) is 0 Å². The maximum Gasteiger partial charge on any atom is 0.293 e. The van der Waals surface area contributed by atoms with Crippen molar-refractivity contribution >= 4 is 29.7 Å². The van der Waals surface area contributed by atoms with E-state index in [0.29, 0.717) is 18.4 Å². The van der Waals surface area contributed by atoms with Crippen molar-refractivity contribution in [2.75, 3.05) is 20.1 Å². The number of nitrogens with one attached hydrogen (secondary N) is 1. The Hall–Kier alpha value is -2.22. The zero-order valence-corrected chi connectivity index (χ0v) is 16.7. The van der Waals surface area contributed by atoms with Crippen molar-refractivity contribution in [2.24, 2.45) is 0 Å². The molecule has 1 N–H and O–H groups in total. The SMILES string of the molecule is CNC1CCCN(C(=O)c2nc(-c3cccs3)n(-c3ccccc3)n2)C1.Cl. The maximum atomic E-state index is 13.0.